The van der Waals surface area contributed by atoms with Gasteiger partial charge in [0.15, 0.2) is 5.11 Å². The quantitative estimate of drug-likeness (QED) is 0.360. The molecule has 3 aromatic rings. The lowest BCUT2D eigenvalue weighted by atomic mass is 10.1. The minimum atomic E-state index is -0.272. The summed E-state index contributed by atoms with van der Waals surface area (Å²) in [5.41, 5.74) is 3.83. The highest BCUT2D eigenvalue weighted by Gasteiger charge is 2.09. The van der Waals surface area contributed by atoms with Crippen molar-refractivity contribution >= 4 is 56.2 Å². The number of amides is 1. The Bertz CT molecular complexity index is 1020. The minimum Gasteiger partial charge on any atom is -0.332 e. The van der Waals surface area contributed by atoms with E-state index in [1.165, 1.54) is 0 Å². The molecule has 0 heterocycles. The summed E-state index contributed by atoms with van der Waals surface area (Å²) >= 11 is 8.65. The Morgan fingerprint density at radius 1 is 0.929 bits per heavy atom. The first-order valence-corrected chi connectivity index (χ1v) is 9.67. The number of halogens is 1. The maximum Gasteiger partial charge on any atom is 0.257 e. The Morgan fingerprint density at radius 3 is 2.21 bits per heavy atom. The van der Waals surface area contributed by atoms with E-state index in [1.54, 1.807) is 12.1 Å². The molecule has 0 unspecified atom stereocenters. The van der Waals surface area contributed by atoms with E-state index in [0.29, 0.717) is 11.3 Å². The third-order valence-corrected chi connectivity index (χ3v) is 4.88. The van der Waals surface area contributed by atoms with Gasteiger partial charge >= 0.3 is 0 Å². The molecule has 0 aromatic heterocycles. The molecule has 7 heteroatoms. The highest BCUT2D eigenvalue weighted by atomic mass is 79.9. The Morgan fingerprint density at radius 2 is 1.57 bits per heavy atom. The van der Waals surface area contributed by atoms with Gasteiger partial charge in [0.25, 0.3) is 5.91 Å². The van der Waals surface area contributed by atoms with Gasteiger partial charge in [0.2, 0.25) is 0 Å². The fourth-order valence-corrected chi connectivity index (χ4v) is 2.88. The highest BCUT2D eigenvalue weighted by molar-refractivity contribution is 9.10. The average Bonchev–Trinajstić information content (AvgIpc) is 2.70. The van der Waals surface area contributed by atoms with Crippen molar-refractivity contribution in [2.24, 2.45) is 10.2 Å². The van der Waals surface area contributed by atoms with E-state index in [2.05, 4.69) is 36.8 Å². The summed E-state index contributed by atoms with van der Waals surface area (Å²) in [4.78, 5) is 12.3. The molecule has 3 aromatic carbocycles. The number of aryl methyl sites for hydroxylation is 1. The molecule has 0 fully saturated rings. The molecule has 0 radical (unpaired) electrons. The third-order valence-electron chi connectivity index (χ3n) is 3.82. The van der Waals surface area contributed by atoms with Crippen LogP contribution in [0.1, 0.15) is 15.9 Å². The third kappa shape index (κ3) is 5.55. The molecule has 0 atom stereocenters. The molecule has 5 nitrogen and oxygen atoms in total. The topological polar surface area (TPSA) is 65.8 Å². The first-order valence-electron chi connectivity index (χ1n) is 8.46. The van der Waals surface area contributed by atoms with Crippen molar-refractivity contribution in [3.8, 4) is 0 Å². The second-order valence-electron chi connectivity index (χ2n) is 5.95. The fourth-order valence-electron chi connectivity index (χ4n) is 2.29. The molecule has 1 amide bonds. The van der Waals surface area contributed by atoms with Crippen molar-refractivity contribution in [1.82, 2.24) is 5.32 Å². The number of anilines is 1. The van der Waals surface area contributed by atoms with Crippen molar-refractivity contribution in [3.63, 3.8) is 0 Å². The van der Waals surface area contributed by atoms with E-state index in [1.807, 2.05) is 67.6 Å². The Hall–Kier alpha value is -2.90. The van der Waals surface area contributed by atoms with Crippen LogP contribution in [0, 0.1) is 6.92 Å². The number of carbonyl (C=O) groups excluding carboxylic acids is 1. The van der Waals surface area contributed by atoms with Gasteiger partial charge in [0.1, 0.15) is 0 Å². The van der Waals surface area contributed by atoms with E-state index in [-0.39, 0.29) is 11.0 Å². The number of benzene rings is 3. The number of nitrogens with zero attached hydrogens (tertiary/aromatic N) is 2. The van der Waals surface area contributed by atoms with Gasteiger partial charge in [0, 0.05) is 15.7 Å². The highest BCUT2D eigenvalue weighted by Crippen LogP contribution is 2.20. The fraction of sp³-hybridized carbons (Fsp3) is 0.0476. The van der Waals surface area contributed by atoms with E-state index in [0.717, 1.165) is 21.4 Å². The predicted octanol–water partition coefficient (Wildman–Crippen LogP) is 6.30. The average molecular weight is 453 g/mol. The smallest absolute Gasteiger partial charge is 0.257 e. The number of carbonyl (C=O) groups is 1. The lowest BCUT2D eigenvalue weighted by Gasteiger charge is -2.10. The molecule has 140 valence electrons. The summed E-state index contributed by atoms with van der Waals surface area (Å²) in [6, 6.07) is 22.2. The van der Waals surface area contributed by atoms with Crippen LogP contribution in [0.2, 0.25) is 0 Å². The molecule has 0 aliphatic heterocycles. The number of thiocarbonyl (C=S) groups is 1. The zero-order chi connectivity index (χ0) is 19.9. The lowest BCUT2D eigenvalue weighted by Crippen LogP contribution is -2.34. The van der Waals surface area contributed by atoms with Gasteiger partial charge in [-0.25, -0.2) is 0 Å². The van der Waals surface area contributed by atoms with Crippen LogP contribution < -0.4 is 10.6 Å². The minimum absolute atomic E-state index is 0.223. The maximum absolute atomic E-state index is 12.3. The molecular formula is C21H17BrN4OS. The van der Waals surface area contributed by atoms with E-state index < -0.39 is 0 Å². The zero-order valence-electron chi connectivity index (χ0n) is 15.0. The molecule has 28 heavy (non-hydrogen) atoms. The summed E-state index contributed by atoms with van der Waals surface area (Å²) in [6.45, 7) is 1.96. The largest absolute Gasteiger partial charge is 0.332 e. The van der Waals surface area contributed by atoms with Gasteiger partial charge in [-0.05, 0) is 73.2 Å². The second kappa shape index (κ2) is 9.34. The van der Waals surface area contributed by atoms with Crippen LogP contribution in [0.25, 0.3) is 0 Å². The first kappa shape index (κ1) is 19.9. The molecule has 0 saturated heterocycles. The Labute approximate surface area is 177 Å². The first-order chi connectivity index (χ1) is 13.5. The van der Waals surface area contributed by atoms with E-state index >= 15 is 0 Å². The SMILES string of the molecule is Cc1ccc(C(=O)NC(=S)Nc2ccc(N=Nc3ccccc3)cc2)cc1Br. The molecule has 0 bridgehead atoms. The van der Waals surface area contributed by atoms with Crippen LogP contribution >= 0.6 is 28.1 Å². The number of nitrogens with one attached hydrogen (secondary N) is 2. The van der Waals surface area contributed by atoms with Crippen LogP contribution in [-0.2, 0) is 0 Å². The van der Waals surface area contributed by atoms with Crippen LogP contribution in [0.5, 0.6) is 0 Å². The van der Waals surface area contributed by atoms with Gasteiger partial charge in [0.05, 0.1) is 11.4 Å². The van der Waals surface area contributed by atoms with Crippen LogP contribution in [0.15, 0.2) is 87.5 Å². The Balaban J connectivity index is 1.57. The molecule has 2 N–H and O–H groups in total. The summed E-state index contributed by atoms with van der Waals surface area (Å²) in [5.74, 6) is -0.272. The van der Waals surface area contributed by atoms with Gasteiger partial charge < -0.3 is 5.32 Å². The van der Waals surface area contributed by atoms with Gasteiger partial charge in [-0.1, -0.05) is 40.2 Å². The summed E-state index contributed by atoms with van der Waals surface area (Å²) in [5, 5.41) is 14.2. The molecule has 0 spiro atoms. The zero-order valence-corrected chi connectivity index (χ0v) is 17.4. The van der Waals surface area contributed by atoms with Crippen LogP contribution in [-0.4, -0.2) is 11.0 Å². The normalized spacial score (nSPS) is 10.6. The van der Waals surface area contributed by atoms with Crippen LogP contribution in [0.4, 0.5) is 17.1 Å². The second-order valence-corrected chi connectivity index (χ2v) is 7.22. The number of hydrogen-bond acceptors (Lipinski definition) is 4. The van der Waals surface area contributed by atoms with Crippen molar-refractivity contribution in [3.05, 3.63) is 88.4 Å². The number of hydrogen-bond donors (Lipinski definition) is 2. The Kier molecular flexibility index (Phi) is 6.62. The summed E-state index contributed by atoms with van der Waals surface area (Å²) in [6.07, 6.45) is 0. The van der Waals surface area contributed by atoms with Crippen molar-refractivity contribution < 1.29 is 4.79 Å². The van der Waals surface area contributed by atoms with E-state index in [4.69, 9.17) is 12.2 Å². The summed E-state index contributed by atoms with van der Waals surface area (Å²) in [7, 11) is 0. The van der Waals surface area contributed by atoms with Gasteiger partial charge in [-0.2, -0.15) is 10.2 Å². The molecular weight excluding hydrogens is 436 g/mol. The lowest BCUT2D eigenvalue weighted by molar-refractivity contribution is 0.0977. The van der Waals surface area contributed by atoms with Crippen molar-refractivity contribution in [1.29, 1.82) is 0 Å². The number of azo groups is 1. The summed E-state index contributed by atoms with van der Waals surface area (Å²) < 4.78 is 0.874. The molecule has 3 rings (SSSR count). The van der Waals surface area contributed by atoms with Crippen molar-refractivity contribution in [2.75, 3.05) is 5.32 Å². The van der Waals surface area contributed by atoms with Crippen molar-refractivity contribution in [2.45, 2.75) is 6.92 Å². The van der Waals surface area contributed by atoms with Gasteiger partial charge in [-0.15, -0.1) is 0 Å². The molecule has 0 aliphatic rings. The van der Waals surface area contributed by atoms with Gasteiger partial charge in [-0.3, -0.25) is 10.1 Å². The molecule has 0 saturated carbocycles. The predicted molar refractivity (Wildman–Crippen MR) is 120 cm³/mol. The van der Waals surface area contributed by atoms with Crippen LogP contribution in [0.3, 0.4) is 0 Å². The monoisotopic (exact) mass is 452 g/mol. The number of rotatable bonds is 4. The standard InChI is InChI=1S/C21H17BrN4OS/c1-14-7-8-15(13-19(14)22)20(27)24-21(28)23-16-9-11-18(12-10-16)26-25-17-5-3-2-4-6-17/h2-13H,1H3,(H2,23,24,27,28). The maximum atomic E-state index is 12.3. The molecule has 0 aliphatic carbocycles. The van der Waals surface area contributed by atoms with E-state index in [9.17, 15) is 4.79 Å².